The van der Waals surface area contributed by atoms with Crippen LogP contribution in [0.5, 0.6) is 0 Å². The highest BCUT2D eigenvalue weighted by Gasteiger charge is 2.44. The summed E-state index contributed by atoms with van der Waals surface area (Å²) in [6.07, 6.45) is -0.0134. The summed E-state index contributed by atoms with van der Waals surface area (Å²) in [7, 11) is 0. The fraction of sp³-hybridized carbons (Fsp3) is 0.550. The first kappa shape index (κ1) is 21.5. The van der Waals surface area contributed by atoms with E-state index < -0.39 is 35.2 Å². The summed E-state index contributed by atoms with van der Waals surface area (Å²) < 4.78 is 5.01. The molecule has 0 radical (unpaired) electrons. The van der Waals surface area contributed by atoms with E-state index in [1.165, 1.54) is 0 Å². The maximum absolute atomic E-state index is 12.1. The molecule has 0 saturated heterocycles. The minimum Gasteiger partial charge on any atom is -0.456 e. The molecule has 1 fully saturated rings. The normalized spacial score (nSPS) is 21.4. The van der Waals surface area contributed by atoms with Gasteiger partial charge in [0.05, 0.1) is 6.42 Å². The molecule has 2 rings (SSSR count). The molecule has 1 aromatic carbocycles. The van der Waals surface area contributed by atoms with E-state index in [0.29, 0.717) is 5.69 Å². The molecule has 28 heavy (non-hydrogen) atoms. The molecule has 8 heteroatoms. The predicted molar refractivity (Wildman–Crippen MR) is 102 cm³/mol. The number of Topliss-reactive ketones (excluding diaryl/α,β-unsaturated/α-hetero) is 1. The van der Waals surface area contributed by atoms with Crippen molar-refractivity contribution in [2.24, 2.45) is 17.8 Å². The van der Waals surface area contributed by atoms with Crippen molar-refractivity contribution in [1.29, 1.82) is 0 Å². The van der Waals surface area contributed by atoms with Crippen LogP contribution in [0.25, 0.3) is 0 Å². The van der Waals surface area contributed by atoms with Crippen molar-refractivity contribution in [3.8, 4) is 0 Å². The van der Waals surface area contributed by atoms with Gasteiger partial charge in [-0.05, 0) is 37.8 Å². The molecule has 1 saturated carbocycles. The lowest BCUT2D eigenvalue weighted by atomic mass is 9.88. The van der Waals surface area contributed by atoms with Crippen LogP contribution in [0, 0.1) is 48.6 Å². The average molecular weight is 390 g/mol. The van der Waals surface area contributed by atoms with Crippen molar-refractivity contribution < 1.29 is 24.0 Å². The first-order valence-corrected chi connectivity index (χ1v) is 9.26. The van der Waals surface area contributed by atoms with E-state index in [1.54, 1.807) is 6.92 Å². The monoisotopic (exact) mass is 390 g/mol. The van der Waals surface area contributed by atoms with E-state index in [-0.39, 0.29) is 31.1 Å². The van der Waals surface area contributed by atoms with Gasteiger partial charge in [0.2, 0.25) is 6.54 Å². The number of rotatable bonds is 7. The van der Waals surface area contributed by atoms with E-state index in [2.05, 4.69) is 5.32 Å². The Balaban J connectivity index is 1.90. The van der Waals surface area contributed by atoms with Crippen molar-refractivity contribution in [2.45, 2.75) is 40.5 Å². The van der Waals surface area contributed by atoms with Crippen LogP contribution >= 0.6 is 0 Å². The Hall–Kier alpha value is -2.77. The highest BCUT2D eigenvalue weighted by Crippen LogP contribution is 2.36. The van der Waals surface area contributed by atoms with Gasteiger partial charge in [0.25, 0.3) is 5.91 Å². The fourth-order valence-electron chi connectivity index (χ4n) is 3.94. The molecule has 0 unspecified atom stereocenters. The molecule has 0 aromatic heterocycles. The second-order valence-electron chi connectivity index (χ2n) is 7.62. The van der Waals surface area contributed by atoms with E-state index in [1.807, 2.05) is 32.9 Å². The molecule has 0 spiro atoms. The third kappa shape index (κ3) is 5.37. The van der Waals surface area contributed by atoms with Gasteiger partial charge in [0.1, 0.15) is 5.78 Å². The number of hydrogen-bond donors (Lipinski definition) is 1. The molecule has 1 aliphatic carbocycles. The molecule has 152 valence electrons. The summed E-state index contributed by atoms with van der Waals surface area (Å²) in [6.45, 7) is 6.68. The number of benzene rings is 1. The minimum absolute atomic E-state index is 0.147. The number of anilines is 1. The third-order valence-corrected chi connectivity index (χ3v) is 5.24. The number of carbonyl (C=O) groups is 3. The van der Waals surface area contributed by atoms with E-state index >= 15 is 0 Å². The summed E-state index contributed by atoms with van der Waals surface area (Å²) in [6, 6.07) is 3.88. The Labute approximate surface area is 163 Å². The zero-order chi connectivity index (χ0) is 21.0. The van der Waals surface area contributed by atoms with Gasteiger partial charge < -0.3 is 10.1 Å². The lowest BCUT2D eigenvalue weighted by molar-refractivity contribution is -0.490. The van der Waals surface area contributed by atoms with Crippen molar-refractivity contribution >= 4 is 23.3 Å². The SMILES string of the molecule is Cc1cc(C)c(NC(=O)COC(=O)C[C@@H]2C(=O)C[C@@H](C)[C@H]2C[N+](=O)[O-])c(C)c1. The number of nitrogens with one attached hydrogen (secondary N) is 1. The van der Waals surface area contributed by atoms with E-state index in [4.69, 9.17) is 4.74 Å². The number of nitro groups is 1. The van der Waals surface area contributed by atoms with Crippen molar-refractivity contribution in [2.75, 3.05) is 18.5 Å². The van der Waals surface area contributed by atoms with Gasteiger partial charge >= 0.3 is 5.97 Å². The van der Waals surface area contributed by atoms with Crippen LogP contribution in [0.1, 0.15) is 36.5 Å². The molecular formula is C20H26N2O6. The molecule has 1 aliphatic rings. The standard InChI is InChI=1S/C20H26N2O6/c1-11-5-13(3)20(14(4)6-11)21-18(24)10-28-19(25)8-15-16(9-22(26)27)12(2)7-17(15)23/h5-6,12,15-16H,7-10H2,1-4H3,(H,21,24)/t12-,15+,16-/m1/s1. The Morgan fingerprint density at radius 2 is 1.86 bits per heavy atom. The lowest BCUT2D eigenvalue weighted by Gasteiger charge is -2.17. The smallest absolute Gasteiger partial charge is 0.307 e. The summed E-state index contributed by atoms with van der Waals surface area (Å²) in [4.78, 5) is 46.7. The summed E-state index contributed by atoms with van der Waals surface area (Å²) in [5.41, 5.74) is 3.58. The van der Waals surface area contributed by atoms with Gasteiger partial charge in [-0.3, -0.25) is 24.5 Å². The summed E-state index contributed by atoms with van der Waals surface area (Å²) in [5, 5.41) is 13.6. The number of ketones is 1. The average Bonchev–Trinajstić information content (AvgIpc) is 2.82. The summed E-state index contributed by atoms with van der Waals surface area (Å²) in [5.74, 6) is -2.69. The van der Waals surface area contributed by atoms with Crippen LogP contribution in [0.15, 0.2) is 12.1 Å². The van der Waals surface area contributed by atoms with Gasteiger partial charge in [0.15, 0.2) is 6.61 Å². The molecular weight excluding hydrogens is 364 g/mol. The zero-order valence-electron chi connectivity index (χ0n) is 16.6. The van der Waals surface area contributed by atoms with Gasteiger partial charge in [0, 0.05) is 28.9 Å². The third-order valence-electron chi connectivity index (χ3n) is 5.24. The summed E-state index contributed by atoms with van der Waals surface area (Å²) >= 11 is 0. The Morgan fingerprint density at radius 3 is 2.43 bits per heavy atom. The maximum atomic E-state index is 12.1. The van der Waals surface area contributed by atoms with Crippen molar-refractivity contribution in [3.05, 3.63) is 38.9 Å². The predicted octanol–water partition coefficient (Wildman–Crippen LogP) is 2.60. The number of carbonyl (C=O) groups excluding carboxylic acids is 3. The highest BCUT2D eigenvalue weighted by atomic mass is 16.6. The Morgan fingerprint density at radius 1 is 1.25 bits per heavy atom. The molecule has 0 bridgehead atoms. The molecule has 1 aromatic rings. The molecule has 0 aliphatic heterocycles. The van der Waals surface area contributed by atoms with Crippen LogP contribution in [0.3, 0.4) is 0 Å². The van der Waals surface area contributed by atoms with Gasteiger partial charge in [-0.1, -0.05) is 24.6 Å². The van der Waals surface area contributed by atoms with Crippen molar-refractivity contribution in [3.63, 3.8) is 0 Å². The second kappa shape index (κ2) is 8.95. The molecule has 3 atom stereocenters. The lowest BCUT2D eigenvalue weighted by Crippen LogP contribution is -2.28. The fourth-order valence-corrected chi connectivity index (χ4v) is 3.94. The highest BCUT2D eigenvalue weighted by molar-refractivity contribution is 5.94. The molecule has 1 N–H and O–H groups in total. The number of nitrogens with zero attached hydrogens (tertiary/aromatic N) is 1. The van der Waals surface area contributed by atoms with Crippen LogP contribution in [0.2, 0.25) is 0 Å². The minimum atomic E-state index is -0.724. The van der Waals surface area contributed by atoms with Gasteiger partial charge in [-0.2, -0.15) is 0 Å². The van der Waals surface area contributed by atoms with E-state index in [0.717, 1.165) is 16.7 Å². The van der Waals surface area contributed by atoms with E-state index in [9.17, 15) is 24.5 Å². The second-order valence-corrected chi connectivity index (χ2v) is 7.62. The van der Waals surface area contributed by atoms with Crippen LogP contribution in [0.4, 0.5) is 5.69 Å². The first-order valence-electron chi connectivity index (χ1n) is 9.26. The first-order chi connectivity index (χ1) is 13.1. The number of amides is 1. The van der Waals surface area contributed by atoms with Crippen LogP contribution < -0.4 is 5.32 Å². The molecule has 8 nitrogen and oxygen atoms in total. The topological polar surface area (TPSA) is 116 Å². The largest absolute Gasteiger partial charge is 0.456 e. The zero-order valence-corrected chi connectivity index (χ0v) is 16.6. The van der Waals surface area contributed by atoms with Crippen LogP contribution in [-0.2, 0) is 19.1 Å². The van der Waals surface area contributed by atoms with Crippen LogP contribution in [-0.4, -0.2) is 35.7 Å². The Kier molecular flexibility index (Phi) is 6.88. The molecule has 1 amide bonds. The number of ether oxygens (including phenoxy) is 1. The number of esters is 1. The Bertz CT molecular complexity index is 781. The quantitative estimate of drug-likeness (QED) is 0.435. The van der Waals surface area contributed by atoms with Gasteiger partial charge in [-0.25, -0.2) is 0 Å². The molecule has 0 heterocycles. The van der Waals surface area contributed by atoms with Gasteiger partial charge in [-0.15, -0.1) is 0 Å². The number of aryl methyl sites for hydroxylation is 3. The number of hydrogen-bond acceptors (Lipinski definition) is 6. The maximum Gasteiger partial charge on any atom is 0.307 e. The van der Waals surface area contributed by atoms with Crippen molar-refractivity contribution in [1.82, 2.24) is 0 Å².